The predicted molar refractivity (Wildman–Crippen MR) is 122 cm³/mol. The number of aromatic nitrogens is 2. The summed E-state index contributed by atoms with van der Waals surface area (Å²) in [5.74, 6) is 0. The maximum absolute atomic E-state index is 4.62. The number of hydrogen-bond acceptors (Lipinski definition) is 6. The quantitative estimate of drug-likeness (QED) is 0.432. The molecule has 1 aliphatic heterocycles. The van der Waals surface area contributed by atoms with Gasteiger partial charge < -0.3 is 5.32 Å². The minimum atomic E-state index is 0.469. The van der Waals surface area contributed by atoms with Crippen LogP contribution in [-0.4, -0.2) is 34.0 Å². The molecule has 1 N–H and O–H groups in total. The van der Waals surface area contributed by atoms with Crippen LogP contribution in [0.5, 0.6) is 0 Å². The molecule has 0 spiro atoms. The number of thiophene rings is 1. The zero-order valence-corrected chi connectivity index (χ0v) is 17.6. The highest BCUT2D eigenvalue weighted by molar-refractivity contribution is 7.19. The predicted octanol–water partition coefficient (Wildman–Crippen LogP) is 6.15. The first-order chi connectivity index (χ1) is 13.7. The van der Waals surface area contributed by atoms with Gasteiger partial charge in [-0.05, 0) is 55.8 Å². The monoisotopic (exact) mass is 406 g/mol. The van der Waals surface area contributed by atoms with E-state index in [1.807, 2.05) is 11.7 Å². The second-order valence-electron chi connectivity index (χ2n) is 7.18. The molecular weight excluding hydrogens is 384 g/mol. The van der Waals surface area contributed by atoms with Gasteiger partial charge in [0, 0.05) is 34.7 Å². The summed E-state index contributed by atoms with van der Waals surface area (Å²) >= 11 is 3.46. The van der Waals surface area contributed by atoms with Gasteiger partial charge in [0.2, 0.25) is 0 Å². The summed E-state index contributed by atoms with van der Waals surface area (Å²) in [4.78, 5) is 14.0. The van der Waals surface area contributed by atoms with E-state index in [1.165, 1.54) is 27.0 Å². The molecule has 1 unspecified atom stereocenters. The molecule has 28 heavy (non-hydrogen) atoms. The van der Waals surface area contributed by atoms with E-state index in [2.05, 4.69) is 70.4 Å². The van der Waals surface area contributed by atoms with E-state index >= 15 is 0 Å². The Balaban J connectivity index is 1.47. The highest BCUT2D eigenvalue weighted by Gasteiger charge is 2.25. The van der Waals surface area contributed by atoms with Crippen molar-refractivity contribution in [2.45, 2.75) is 26.3 Å². The molecule has 0 fully saturated rings. The van der Waals surface area contributed by atoms with Crippen LogP contribution in [0.25, 0.3) is 26.0 Å². The van der Waals surface area contributed by atoms with Crippen LogP contribution < -0.4 is 5.32 Å². The van der Waals surface area contributed by atoms with E-state index in [4.69, 9.17) is 0 Å². The van der Waals surface area contributed by atoms with E-state index in [0.29, 0.717) is 6.04 Å². The lowest BCUT2D eigenvalue weighted by Gasteiger charge is -2.22. The van der Waals surface area contributed by atoms with Gasteiger partial charge in [-0.1, -0.05) is 13.0 Å². The Morgan fingerprint density at radius 3 is 3.04 bits per heavy atom. The zero-order chi connectivity index (χ0) is 19.1. The van der Waals surface area contributed by atoms with Gasteiger partial charge in [0.25, 0.3) is 0 Å². The molecule has 0 saturated carbocycles. The minimum Gasteiger partial charge on any atom is -0.355 e. The molecule has 4 heterocycles. The van der Waals surface area contributed by atoms with Gasteiger partial charge in [-0.3, -0.25) is 4.90 Å². The Labute approximate surface area is 172 Å². The molecule has 1 atom stereocenters. The van der Waals surface area contributed by atoms with Crippen LogP contribution in [0.4, 0.5) is 11.4 Å². The third kappa shape index (κ3) is 3.11. The largest absolute Gasteiger partial charge is 0.355 e. The lowest BCUT2D eigenvalue weighted by molar-refractivity contribution is 0.291. The van der Waals surface area contributed by atoms with Gasteiger partial charge in [-0.2, -0.15) is 0 Å². The number of benzene rings is 1. The van der Waals surface area contributed by atoms with E-state index in [1.54, 1.807) is 22.7 Å². The van der Waals surface area contributed by atoms with Crippen molar-refractivity contribution >= 4 is 60.1 Å². The maximum atomic E-state index is 4.62. The lowest BCUT2D eigenvalue weighted by Crippen LogP contribution is -2.29. The fraction of sp³-hybridized carbons (Fsp3) is 0.273. The number of rotatable bonds is 5. The SMILES string of the molecule is CCCN1CC=C(c2cc3c(Nc4ccc5scnc5c4)ccnc3s2)C1C. The lowest BCUT2D eigenvalue weighted by atomic mass is 10.1. The van der Waals surface area contributed by atoms with Crippen LogP contribution in [0.2, 0.25) is 0 Å². The Morgan fingerprint density at radius 2 is 2.14 bits per heavy atom. The first-order valence-corrected chi connectivity index (χ1v) is 11.4. The Morgan fingerprint density at radius 1 is 1.21 bits per heavy atom. The average molecular weight is 407 g/mol. The summed E-state index contributed by atoms with van der Waals surface area (Å²) in [7, 11) is 0. The molecule has 0 saturated heterocycles. The molecule has 3 aromatic heterocycles. The number of thiazole rings is 1. The molecule has 6 heteroatoms. The molecule has 0 aliphatic carbocycles. The van der Waals surface area contributed by atoms with Gasteiger partial charge >= 0.3 is 0 Å². The standard InChI is InChI=1S/C22H22N4S2/c1-3-9-26-10-7-16(14(26)2)21-12-17-18(6-8-23-22(17)28-21)25-15-4-5-20-19(11-15)24-13-27-20/h4-8,11-14H,3,9-10H2,1-2H3,(H,23,25). The Bertz CT molecular complexity index is 1170. The zero-order valence-electron chi connectivity index (χ0n) is 16.0. The summed E-state index contributed by atoms with van der Waals surface area (Å²) in [5, 5.41) is 4.76. The highest BCUT2D eigenvalue weighted by atomic mass is 32.1. The van der Waals surface area contributed by atoms with Gasteiger partial charge in [-0.15, -0.1) is 22.7 Å². The topological polar surface area (TPSA) is 41.0 Å². The summed E-state index contributed by atoms with van der Waals surface area (Å²) in [5.41, 5.74) is 6.52. The van der Waals surface area contributed by atoms with E-state index in [9.17, 15) is 0 Å². The molecule has 4 aromatic rings. The normalized spacial score (nSPS) is 17.5. The fourth-order valence-corrected chi connectivity index (χ4v) is 5.71. The van der Waals surface area contributed by atoms with Crippen LogP contribution in [0.1, 0.15) is 25.1 Å². The third-order valence-electron chi connectivity index (χ3n) is 5.38. The fourth-order valence-electron chi connectivity index (χ4n) is 3.90. The number of anilines is 2. The maximum Gasteiger partial charge on any atom is 0.125 e. The van der Waals surface area contributed by atoms with E-state index < -0.39 is 0 Å². The summed E-state index contributed by atoms with van der Waals surface area (Å²) in [6.45, 7) is 6.75. The van der Waals surface area contributed by atoms with Crippen molar-refractivity contribution in [1.82, 2.24) is 14.9 Å². The van der Waals surface area contributed by atoms with Crippen molar-refractivity contribution < 1.29 is 0 Å². The summed E-state index contributed by atoms with van der Waals surface area (Å²) < 4.78 is 1.21. The number of nitrogens with one attached hydrogen (secondary N) is 1. The van der Waals surface area contributed by atoms with Gasteiger partial charge in [-0.25, -0.2) is 9.97 Å². The van der Waals surface area contributed by atoms with E-state index in [-0.39, 0.29) is 0 Å². The molecule has 0 radical (unpaired) electrons. The van der Waals surface area contributed by atoms with Gasteiger partial charge in [0.1, 0.15) is 4.83 Å². The number of hydrogen-bond donors (Lipinski definition) is 1. The van der Waals surface area contributed by atoms with Crippen LogP contribution >= 0.6 is 22.7 Å². The van der Waals surface area contributed by atoms with Gasteiger partial charge in [0.15, 0.2) is 0 Å². The Kier molecular flexibility index (Phi) is 4.62. The third-order valence-corrected chi connectivity index (χ3v) is 7.29. The molecule has 1 aromatic carbocycles. The van der Waals surface area contributed by atoms with Gasteiger partial charge in [0.05, 0.1) is 21.4 Å². The second kappa shape index (κ2) is 7.28. The first kappa shape index (κ1) is 17.8. The smallest absolute Gasteiger partial charge is 0.125 e. The second-order valence-corrected chi connectivity index (χ2v) is 9.10. The van der Waals surface area contributed by atoms with Crippen LogP contribution in [0, 0.1) is 0 Å². The summed E-state index contributed by atoms with van der Waals surface area (Å²) in [6, 6.07) is 11.2. The Hall–Kier alpha value is -2.28. The van der Waals surface area contributed by atoms with Crippen molar-refractivity contribution in [2.75, 3.05) is 18.4 Å². The molecule has 0 amide bonds. The number of pyridine rings is 1. The highest BCUT2D eigenvalue weighted by Crippen LogP contribution is 2.38. The van der Waals surface area contributed by atoms with Crippen molar-refractivity contribution in [1.29, 1.82) is 0 Å². The summed E-state index contributed by atoms with van der Waals surface area (Å²) in [6.07, 6.45) is 5.47. The number of nitrogens with zero attached hydrogens (tertiary/aromatic N) is 3. The average Bonchev–Trinajstić information content (AvgIpc) is 3.41. The van der Waals surface area contributed by atoms with Crippen molar-refractivity contribution in [3.63, 3.8) is 0 Å². The minimum absolute atomic E-state index is 0.469. The molecule has 5 rings (SSSR count). The van der Waals surface area contributed by atoms with Crippen molar-refractivity contribution in [3.05, 3.63) is 53.0 Å². The van der Waals surface area contributed by atoms with Crippen LogP contribution in [-0.2, 0) is 0 Å². The first-order valence-electron chi connectivity index (χ1n) is 9.66. The molecule has 142 valence electrons. The van der Waals surface area contributed by atoms with Crippen molar-refractivity contribution in [2.24, 2.45) is 0 Å². The number of fused-ring (bicyclic) bond motifs is 2. The molecular formula is C22H22N4S2. The molecule has 1 aliphatic rings. The van der Waals surface area contributed by atoms with Crippen LogP contribution in [0.15, 0.2) is 48.1 Å². The van der Waals surface area contributed by atoms with Crippen LogP contribution in [0.3, 0.4) is 0 Å². The molecule has 0 bridgehead atoms. The molecule has 4 nitrogen and oxygen atoms in total. The van der Waals surface area contributed by atoms with E-state index in [0.717, 1.165) is 34.8 Å². The van der Waals surface area contributed by atoms with Crippen molar-refractivity contribution in [3.8, 4) is 0 Å².